The molecule has 2 rings (SSSR count). The lowest BCUT2D eigenvalue weighted by atomic mass is 9.76. The van der Waals surface area contributed by atoms with Crippen LogP contribution in [0.1, 0.15) is 36.3 Å². The van der Waals surface area contributed by atoms with Crippen LogP contribution in [-0.2, 0) is 4.79 Å². The van der Waals surface area contributed by atoms with Crippen LogP contribution in [0.15, 0.2) is 18.2 Å². The number of rotatable bonds is 4. The molecule has 1 aromatic carbocycles. The summed E-state index contributed by atoms with van der Waals surface area (Å²) >= 11 is 0. The second-order valence-corrected chi connectivity index (χ2v) is 4.84. The summed E-state index contributed by atoms with van der Waals surface area (Å²) in [6.45, 7) is 1.95. The normalized spacial score (nSPS) is 16.5. The van der Waals surface area contributed by atoms with Crippen LogP contribution in [0, 0.1) is 24.2 Å². The van der Waals surface area contributed by atoms with Gasteiger partial charge in [0, 0.05) is 11.5 Å². The second-order valence-electron chi connectivity index (χ2n) is 4.84. The zero-order chi connectivity index (χ0) is 13.1. The zero-order valence-electron chi connectivity index (χ0n) is 10.8. The predicted octanol–water partition coefficient (Wildman–Crippen LogP) is 2.98. The van der Waals surface area contributed by atoms with Crippen LogP contribution in [0.5, 0.6) is 5.75 Å². The van der Waals surface area contributed by atoms with E-state index in [0.717, 1.165) is 24.8 Å². The van der Waals surface area contributed by atoms with E-state index in [2.05, 4.69) is 6.07 Å². The Morgan fingerprint density at radius 3 is 2.72 bits per heavy atom. The summed E-state index contributed by atoms with van der Waals surface area (Å²) in [4.78, 5) is 12.3. The molecule has 0 radical (unpaired) electrons. The van der Waals surface area contributed by atoms with Gasteiger partial charge in [-0.2, -0.15) is 5.26 Å². The Kier molecular flexibility index (Phi) is 3.66. The summed E-state index contributed by atoms with van der Waals surface area (Å²) in [5.74, 6) is 0.0532. The van der Waals surface area contributed by atoms with Gasteiger partial charge in [-0.25, -0.2) is 0 Å². The average molecular weight is 243 g/mol. The lowest BCUT2D eigenvalue weighted by molar-refractivity contribution is -0.125. The van der Waals surface area contributed by atoms with Gasteiger partial charge in [-0.3, -0.25) is 4.79 Å². The first-order valence-corrected chi connectivity index (χ1v) is 6.25. The van der Waals surface area contributed by atoms with Gasteiger partial charge < -0.3 is 4.74 Å². The molecule has 1 fully saturated rings. The molecule has 0 aliphatic heterocycles. The Morgan fingerprint density at radius 1 is 1.50 bits per heavy atom. The SMILES string of the molecule is COc1ccc(C)cc1C(C#N)C(=O)C1CCC1. The number of carbonyl (C=O) groups excluding carboxylic acids is 1. The van der Waals surface area contributed by atoms with Crippen LogP contribution < -0.4 is 4.74 Å². The van der Waals surface area contributed by atoms with Gasteiger partial charge >= 0.3 is 0 Å². The number of carbonyl (C=O) groups is 1. The molecule has 0 spiro atoms. The van der Waals surface area contributed by atoms with Gasteiger partial charge in [-0.1, -0.05) is 24.1 Å². The Bertz CT molecular complexity index is 498. The number of methoxy groups -OCH3 is 1. The van der Waals surface area contributed by atoms with Crippen LogP contribution in [0.25, 0.3) is 0 Å². The van der Waals surface area contributed by atoms with E-state index < -0.39 is 5.92 Å². The van der Waals surface area contributed by atoms with Gasteiger partial charge in [0.1, 0.15) is 11.7 Å². The molecule has 1 aliphatic rings. The topological polar surface area (TPSA) is 50.1 Å². The van der Waals surface area contributed by atoms with E-state index in [9.17, 15) is 10.1 Å². The minimum absolute atomic E-state index is 0.0488. The molecular weight excluding hydrogens is 226 g/mol. The summed E-state index contributed by atoms with van der Waals surface area (Å²) in [5, 5.41) is 9.30. The smallest absolute Gasteiger partial charge is 0.157 e. The van der Waals surface area contributed by atoms with Crippen LogP contribution in [0.3, 0.4) is 0 Å². The summed E-state index contributed by atoms with van der Waals surface area (Å²) in [5.41, 5.74) is 1.74. The van der Waals surface area contributed by atoms with E-state index in [1.165, 1.54) is 0 Å². The highest BCUT2D eigenvalue weighted by molar-refractivity contribution is 5.91. The van der Waals surface area contributed by atoms with E-state index in [4.69, 9.17) is 4.74 Å². The molecular formula is C15H17NO2. The molecule has 1 atom stereocenters. The Balaban J connectivity index is 2.34. The van der Waals surface area contributed by atoms with Gasteiger partial charge in [0.2, 0.25) is 0 Å². The maximum absolute atomic E-state index is 12.3. The highest BCUT2D eigenvalue weighted by atomic mass is 16.5. The molecule has 18 heavy (non-hydrogen) atoms. The van der Waals surface area contributed by atoms with Crippen LogP contribution in [0.4, 0.5) is 0 Å². The molecule has 3 nitrogen and oxygen atoms in total. The van der Waals surface area contributed by atoms with E-state index in [0.29, 0.717) is 11.3 Å². The summed E-state index contributed by atoms with van der Waals surface area (Å²) in [6, 6.07) is 7.76. The Morgan fingerprint density at radius 2 is 2.22 bits per heavy atom. The minimum atomic E-state index is -0.690. The van der Waals surface area contributed by atoms with Crippen molar-refractivity contribution in [2.45, 2.75) is 32.1 Å². The molecule has 0 saturated heterocycles. The average Bonchev–Trinajstić information content (AvgIpc) is 2.28. The van der Waals surface area contributed by atoms with Crippen molar-refractivity contribution in [2.24, 2.45) is 5.92 Å². The van der Waals surface area contributed by atoms with Crippen LogP contribution in [-0.4, -0.2) is 12.9 Å². The van der Waals surface area contributed by atoms with E-state index >= 15 is 0 Å². The number of hydrogen-bond donors (Lipinski definition) is 0. The third-order valence-corrected chi connectivity index (χ3v) is 3.62. The molecule has 0 aromatic heterocycles. The molecule has 1 saturated carbocycles. The lowest BCUT2D eigenvalue weighted by Gasteiger charge is -2.26. The van der Waals surface area contributed by atoms with Crippen molar-refractivity contribution in [3.63, 3.8) is 0 Å². The predicted molar refractivity (Wildman–Crippen MR) is 68.4 cm³/mol. The molecule has 1 aliphatic carbocycles. The van der Waals surface area contributed by atoms with Crippen molar-refractivity contribution in [3.8, 4) is 11.8 Å². The Hall–Kier alpha value is -1.82. The number of Topliss-reactive ketones (excluding diaryl/α,β-unsaturated/α-hetero) is 1. The molecule has 3 heteroatoms. The van der Waals surface area contributed by atoms with Crippen molar-refractivity contribution < 1.29 is 9.53 Å². The number of nitriles is 1. The number of aryl methyl sites for hydroxylation is 1. The number of ether oxygens (including phenoxy) is 1. The van der Waals surface area contributed by atoms with Gasteiger partial charge in [-0.15, -0.1) is 0 Å². The van der Waals surface area contributed by atoms with Crippen molar-refractivity contribution in [1.29, 1.82) is 5.26 Å². The van der Waals surface area contributed by atoms with Crippen LogP contribution in [0.2, 0.25) is 0 Å². The fourth-order valence-corrected chi connectivity index (χ4v) is 2.29. The largest absolute Gasteiger partial charge is 0.496 e. The fourth-order valence-electron chi connectivity index (χ4n) is 2.29. The number of hydrogen-bond acceptors (Lipinski definition) is 3. The molecule has 0 amide bonds. The molecule has 0 heterocycles. The quantitative estimate of drug-likeness (QED) is 0.816. The van der Waals surface area contributed by atoms with Crippen LogP contribution >= 0.6 is 0 Å². The first-order valence-electron chi connectivity index (χ1n) is 6.25. The first-order chi connectivity index (χ1) is 8.67. The third-order valence-electron chi connectivity index (χ3n) is 3.62. The summed E-state index contributed by atoms with van der Waals surface area (Å²) < 4.78 is 5.26. The molecule has 0 bridgehead atoms. The molecule has 1 unspecified atom stereocenters. The second kappa shape index (κ2) is 5.22. The fraction of sp³-hybridized carbons (Fsp3) is 0.467. The minimum Gasteiger partial charge on any atom is -0.496 e. The summed E-state index contributed by atoms with van der Waals surface area (Å²) in [6.07, 6.45) is 2.94. The van der Waals surface area contributed by atoms with E-state index in [1.54, 1.807) is 7.11 Å². The monoisotopic (exact) mass is 243 g/mol. The molecule has 1 aromatic rings. The summed E-state index contributed by atoms with van der Waals surface area (Å²) in [7, 11) is 1.57. The van der Waals surface area contributed by atoms with Crippen molar-refractivity contribution in [2.75, 3.05) is 7.11 Å². The van der Waals surface area contributed by atoms with Crippen molar-refractivity contribution >= 4 is 5.78 Å². The lowest BCUT2D eigenvalue weighted by Crippen LogP contribution is -2.27. The van der Waals surface area contributed by atoms with Crippen molar-refractivity contribution in [3.05, 3.63) is 29.3 Å². The van der Waals surface area contributed by atoms with Gasteiger partial charge in [0.05, 0.1) is 13.2 Å². The number of ketones is 1. The standard InChI is InChI=1S/C15H17NO2/c1-10-6-7-14(18-2)12(8-10)13(9-16)15(17)11-4-3-5-11/h6-8,11,13H,3-5H2,1-2H3. The maximum atomic E-state index is 12.3. The third kappa shape index (κ3) is 2.24. The number of benzene rings is 1. The van der Waals surface area contributed by atoms with E-state index in [-0.39, 0.29) is 11.7 Å². The van der Waals surface area contributed by atoms with E-state index in [1.807, 2.05) is 25.1 Å². The highest BCUT2D eigenvalue weighted by Crippen LogP contribution is 2.35. The van der Waals surface area contributed by atoms with Gasteiger partial charge in [-0.05, 0) is 25.8 Å². The first kappa shape index (κ1) is 12.6. The molecule has 94 valence electrons. The van der Waals surface area contributed by atoms with Gasteiger partial charge in [0.15, 0.2) is 5.78 Å². The molecule has 0 N–H and O–H groups in total. The zero-order valence-corrected chi connectivity index (χ0v) is 10.8. The highest BCUT2D eigenvalue weighted by Gasteiger charge is 2.33. The van der Waals surface area contributed by atoms with Gasteiger partial charge in [0.25, 0.3) is 0 Å². The van der Waals surface area contributed by atoms with Crippen molar-refractivity contribution in [1.82, 2.24) is 0 Å². The maximum Gasteiger partial charge on any atom is 0.157 e. The Labute approximate surface area is 107 Å². The number of nitrogens with zero attached hydrogens (tertiary/aromatic N) is 1.